The first-order valence-electron chi connectivity index (χ1n) is 9.60. The van der Waals surface area contributed by atoms with Gasteiger partial charge in [0.05, 0.1) is 17.5 Å². The summed E-state index contributed by atoms with van der Waals surface area (Å²) >= 11 is 0. The predicted octanol–water partition coefficient (Wildman–Crippen LogP) is 2.89. The number of aromatic nitrogens is 4. The van der Waals surface area contributed by atoms with Crippen LogP contribution in [0.2, 0.25) is 0 Å². The number of nitrogens with zero attached hydrogens (tertiary/aromatic N) is 5. The molecule has 27 heavy (non-hydrogen) atoms. The zero-order valence-electron chi connectivity index (χ0n) is 17.2. The average Bonchev–Trinajstić information content (AvgIpc) is 3.11. The number of carbonyl (C=O) groups is 1. The molecule has 0 radical (unpaired) electrons. The van der Waals surface area contributed by atoms with Gasteiger partial charge in [-0.25, -0.2) is 9.97 Å². The first-order valence-corrected chi connectivity index (χ1v) is 9.60. The van der Waals surface area contributed by atoms with E-state index in [9.17, 15) is 4.79 Å². The molecule has 3 heterocycles. The Hall–Kier alpha value is -2.44. The van der Waals surface area contributed by atoms with Crippen LogP contribution in [0, 0.1) is 6.92 Å². The van der Waals surface area contributed by atoms with Gasteiger partial charge in [0.1, 0.15) is 11.6 Å². The summed E-state index contributed by atoms with van der Waals surface area (Å²) in [6.45, 7) is 15.3. The van der Waals surface area contributed by atoms with Gasteiger partial charge < -0.3 is 9.80 Å². The predicted molar refractivity (Wildman–Crippen MR) is 106 cm³/mol. The lowest BCUT2D eigenvalue weighted by atomic mass is 9.89. The lowest BCUT2D eigenvalue weighted by Crippen LogP contribution is -2.49. The molecule has 1 N–H and O–H groups in total. The Morgan fingerprint density at radius 2 is 1.81 bits per heavy atom. The molecule has 146 valence electrons. The van der Waals surface area contributed by atoms with Crippen LogP contribution >= 0.6 is 0 Å². The van der Waals surface area contributed by atoms with Crippen molar-refractivity contribution in [2.75, 3.05) is 31.1 Å². The van der Waals surface area contributed by atoms with Crippen LogP contribution in [-0.2, 0) is 5.41 Å². The van der Waals surface area contributed by atoms with Gasteiger partial charge in [-0.2, -0.15) is 5.10 Å². The molecule has 0 saturated carbocycles. The highest BCUT2D eigenvalue weighted by molar-refractivity contribution is 5.95. The van der Waals surface area contributed by atoms with Crippen LogP contribution in [0.15, 0.2) is 12.3 Å². The highest BCUT2D eigenvalue weighted by Crippen LogP contribution is 2.25. The number of anilines is 1. The molecule has 1 aliphatic heterocycles. The molecule has 7 nitrogen and oxygen atoms in total. The van der Waals surface area contributed by atoms with E-state index < -0.39 is 0 Å². The number of hydrogen-bond donors (Lipinski definition) is 1. The van der Waals surface area contributed by atoms with Gasteiger partial charge in [-0.15, -0.1) is 0 Å². The largest absolute Gasteiger partial charge is 0.353 e. The Balaban J connectivity index is 1.71. The van der Waals surface area contributed by atoms with Crippen LogP contribution in [0.3, 0.4) is 0 Å². The summed E-state index contributed by atoms with van der Waals surface area (Å²) in [7, 11) is 0. The van der Waals surface area contributed by atoms with Gasteiger partial charge in [0.15, 0.2) is 0 Å². The second-order valence-electron chi connectivity index (χ2n) is 8.57. The molecule has 1 amide bonds. The highest BCUT2D eigenvalue weighted by Gasteiger charge is 2.29. The zero-order valence-corrected chi connectivity index (χ0v) is 17.2. The number of amides is 1. The van der Waals surface area contributed by atoms with Crippen LogP contribution in [0.25, 0.3) is 0 Å². The van der Waals surface area contributed by atoms with E-state index in [1.165, 1.54) is 0 Å². The number of carbonyl (C=O) groups excluding carboxylic acids is 1. The van der Waals surface area contributed by atoms with Crippen molar-refractivity contribution in [1.29, 1.82) is 0 Å². The summed E-state index contributed by atoms with van der Waals surface area (Å²) in [6.07, 6.45) is 1.65. The summed E-state index contributed by atoms with van der Waals surface area (Å²) in [6, 6.07) is 2.02. The SMILES string of the molecule is Cc1cc(N2CCN(C(=O)c3cn[nH]c3C(C)(C)C)CC2)nc(C(C)C)n1. The van der Waals surface area contributed by atoms with Crippen molar-refractivity contribution in [3.05, 3.63) is 35.0 Å². The molecule has 1 aliphatic rings. The average molecular weight is 371 g/mol. The number of aromatic amines is 1. The van der Waals surface area contributed by atoms with E-state index in [-0.39, 0.29) is 11.3 Å². The van der Waals surface area contributed by atoms with Crippen LogP contribution in [-0.4, -0.2) is 57.2 Å². The molecule has 2 aromatic heterocycles. The van der Waals surface area contributed by atoms with Crippen LogP contribution in [0.5, 0.6) is 0 Å². The Morgan fingerprint density at radius 3 is 2.41 bits per heavy atom. The first-order chi connectivity index (χ1) is 12.7. The zero-order chi connectivity index (χ0) is 19.8. The number of hydrogen-bond acceptors (Lipinski definition) is 5. The standard InChI is InChI=1S/C20H30N6O/c1-13(2)18-22-14(3)11-16(23-18)25-7-9-26(10-8-25)19(27)15-12-21-24-17(15)20(4,5)6/h11-13H,7-10H2,1-6H3,(H,21,24). The van der Waals surface area contributed by atoms with Gasteiger partial charge in [0.2, 0.25) is 0 Å². The third-order valence-corrected chi connectivity index (χ3v) is 4.89. The quantitative estimate of drug-likeness (QED) is 0.899. The molecule has 1 fully saturated rings. The number of nitrogens with one attached hydrogen (secondary N) is 1. The van der Waals surface area contributed by atoms with Crippen molar-refractivity contribution in [3.8, 4) is 0 Å². The van der Waals surface area contributed by atoms with Crippen molar-refractivity contribution >= 4 is 11.7 Å². The van der Waals surface area contributed by atoms with Crippen LogP contribution in [0.4, 0.5) is 5.82 Å². The normalized spacial score (nSPS) is 15.5. The first kappa shape index (κ1) is 19.3. The van der Waals surface area contributed by atoms with E-state index in [4.69, 9.17) is 4.98 Å². The fourth-order valence-electron chi connectivity index (χ4n) is 3.32. The van der Waals surface area contributed by atoms with Gasteiger partial charge >= 0.3 is 0 Å². The minimum Gasteiger partial charge on any atom is -0.353 e. The van der Waals surface area contributed by atoms with Gasteiger partial charge in [-0.3, -0.25) is 9.89 Å². The van der Waals surface area contributed by atoms with Gasteiger partial charge in [-0.1, -0.05) is 34.6 Å². The maximum absolute atomic E-state index is 13.0. The monoisotopic (exact) mass is 370 g/mol. The third kappa shape index (κ3) is 4.12. The summed E-state index contributed by atoms with van der Waals surface area (Å²) in [5.74, 6) is 2.17. The maximum atomic E-state index is 13.0. The molecular weight excluding hydrogens is 340 g/mol. The maximum Gasteiger partial charge on any atom is 0.257 e. The number of rotatable bonds is 3. The van der Waals surface area contributed by atoms with Crippen LogP contribution < -0.4 is 4.90 Å². The second kappa shape index (κ2) is 7.29. The van der Waals surface area contributed by atoms with E-state index in [2.05, 4.69) is 54.7 Å². The van der Waals surface area contributed by atoms with Gasteiger partial charge in [0, 0.05) is 49.3 Å². The van der Waals surface area contributed by atoms with Crippen molar-refractivity contribution in [1.82, 2.24) is 25.1 Å². The van der Waals surface area contributed by atoms with E-state index in [0.717, 1.165) is 36.1 Å². The van der Waals surface area contributed by atoms with E-state index in [1.807, 2.05) is 17.9 Å². The third-order valence-electron chi connectivity index (χ3n) is 4.89. The lowest BCUT2D eigenvalue weighted by Gasteiger charge is -2.36. The van der Waals surface area contributed by atoms with E-state index in [1.54, 1.807) is 6.20 Å². The molecule has 0 atom stereocenters. The van der Waals surface area contributed by atoms with Crippen molar-refractivity contribution < 1.29 is 4.79 Å². The Kier molecular flexibility index (Phi) is 5.22. The molecule has 0 aliphatic carbocycles. The number of piperazine rings is 1. The molecule has 2 aromatic rings. The van der Waals surface area contributed by atoms with E-state index >= 15 is 0 Å². The summed E-state index contributed by atoms with van der Waals surface area (Å²) in [5, 5.41) is 7.10. The summed E-state index contributed by atoms with van der Waals surface area (Å²) < 4.78 is 0. The number of H-pyrrole nitrogens is 1. The molecule has 7 heteroatoms. The number of aryl methyl sites for hydroxylation is 1. The van der Waals surface area contributed by atoms with E-state index in [0.29, 0.717) is 24.6 Å². The van der Waals surface area contributed by atoms with Gasteiger partial charge in [-0.05, 0) is 6.92 Å². The molecule has 1 saturated heterocycles. The second-order valence-corrected chi connectivity index (χ2v) is 8.57. The Labute approximate surface area is 161 Å². The van der Waals surface area contributed by atoms with Gasteiger partial charge in [0.25, 0.3) is 5.91 Å². The molecule has 3 rings (SSSR count). The molecule has 0 bridgehead atoms. The minimum absolute atomic E-state index is 0.0510. The fraction of sp³-hybridized carbons (Fsp3) is 0.600. The minimum atomic E-state index is -0.144. The Bertz CT molecular complexity index is 812. The lowest BCUT2D eigenvalue weighted by molar-refractivity contribution is 0.0744. The molecular formula is C20H30N6O. The summed E-state index contributed by atoms with van der Waals surface area (Å²) in [4.78, 5) is 26.4. The fourth-order valence-corrected chi connectivity index (χ4v) is 3.32. The van der Waals surface area contributed by atoms with Crippen molar-refractivity contribution in [2.45, 2.75) is 52.9 Å². The van der Waals surface area contributed by atoms with Crippen molar-refractivity contribution in [3.63, 3.8) is 0 Å². The smallest absolute Gasteiger partial charge is 0.257 e. The Morgan fingerprint density at radius 1 is 1.15 bits per heavy atom. The highest BCUT2D eigenvalue weighted by atomic mass is 16.2. The summed E-state index contributed by atoms with van der Waals surface area (Å²) in [5.41, 5.74) is 2.41. The molecule has 0 aromatic carbocycles. The molecule has 0 spiro atoms. The van der Waals surface area contributed by atoms with Crippen LogP contribution in [0.1, 0.15) is 68.1 Å². The topological polar surface area (TPSA) is 78.0 Å². The van der Waals surface area contributed by atoms with Crippen molar-refractivity contribution in [2.24, 2.45) is 0 Å². The molecule has 0 unspecified atom stereocenters.